The zero-order chi connectivity index (χ0) is 13.3. The number of benzene rings is 1. The molecule has 0 fully saturated rings. The van der Waals surface area contributed by atoms with Crippen LogP contribution in [0.15, 0.2) is 30.5 Å². The standard InChI is InChI=1S/C13H17N3O2/c1-9(16(18)13(17)14-2)11-8-15(3)12-7-5-4-6-10(11)12/h4-9,18H,1-3H3,(H,14,17). The summed E-state index contributed by atoms with van der Waals surface area (Å²) in [5.74, 6) is 0. The Labute approximate surface area is 106 Å². The van der Waals surface area contributed by atoms with Crippen LogP contribution in [0.2, 0.25) is 0 Å². The average molecular weight is 247 g/mol. The fraction of sp³-hybridized carbons (Fsp3) is 0.308. The number of amides is 2. The van der Waals surface area contributed by atoms with Crippen LogP contribution < -0.4 is 5.32 Å². The van der Waals surface area contributed by atoms with Gasteiger partial charge in [-0.25, -0.2) is 4.79 Å². The van der Waals surface area contributed by atoms with E-state index in [1.807, 2.05) is 42.1 Å². The van der Waals surface area contributed by atoms with Crippen molar-refractivity contribution in [3.8, 4) is 0 Å². The molecule has 0 aliphatic carbocycles. The fourth-order valence-electron chi connectivity index (χ4n) is 2.13. The quantitative estimate of drug-likeness (QED) is 0.631. The molecule has 0 radical (unpaired) electrons. The van der Waals surface area contributed by atoms with Crippen molar-refractivity contribution in [1.29, 1.82) is 0 Å². The topological polar surface area (TPSA) is 57.5 Å². The molecule has 1 aromatic heterocycles. The Bertz CT molecular complexity index is 577. The van der Waals surface area contributed by atoms with E-state index < -0.39 is 12.1 Å². The summed E-state index contributed by atoms with van der Waals surface area (Å²) in [7, 11) is 3.43. The minimum Gasteiger partial charge on any atom is -0.350 e. The lowest BCUT2D eigenvalue weighted by Gasteiger charge is -2.21. The van der Waals surface area contributed by atoms with E-state index in [0.29, 0.717) is 5.06 Å². The van der Waals surface area contributed by atoms with Crippen LogP contribution in [0, 0.1) is 0 Å². The van der Waals surface area contributed by atoms with Crippen molar-refractivity contribution in [3.63, 3.8) is 0 Å². The Morgan fingerprint density at radius 3 is 2.78 bits per heavy atom. The number of urea groups is 1. The van der Waals surface area contributed by atoms with Crippen LogP contribution in [-0.2, 0) is 7.05 Å². The monoisotopic (exact) mass is 247 g/mol. The third kappa shape index (κ3) is 1.93. The molecule has 1 aromatic carbocycles. The summed E-state index contributed by atoms with van der Waals surface area (Å²) in [6.45, 7) is 1.79. The van der Waals surface area contributed by atoms with E-state index in [-0.39, 0.29) is 0 Å². The molecule has 1 heterocycles. The van der Waals surface area contributed by atoms with Crippen LogP contribution in [0.4, 0.5) is 4.79 Å². The molecule has 1 unspecified atom stereocenters. The smallest absolute Gasteiger partial charge is 0.341 e. The van der Waals surface area contributed by atoms with Gasteiger partial charge in [-0.2, -0.15) is 5.06 Å². The van der Waals surface area contributed by atoms with Crippen LogP contribution in [0.25, 0.3) is 10.9 Å². The number of nitrogens with zero attached hydrogens (tertiary/aromatic N) is 2. The van der Waals surface area contributed by atoms with E-state index in [1.165, 1.54) is 7.05 Å². The van der Waals surface area contributed by atoms with E-state index in [2.05, 4.69) is 5.32 Å². The van der Waals surface area contributed by atoms with Gasteiger partial charge in [0.25, 0.3) is 0 Å². The number of hydroxylamine groups is 2. The molecule has 1 atom stereocenters. The predicted molar refractivity (Wildman–Crippen MR) is 69.4 cm³/mol. The lowest BCUT2D eigenvalue weighted by molar-refractivity contribution is -0.0734. The molecule has 2 N–H and O–H groups in total. The SMILES string of the molecule is CNC(=O)N(O)C(C)c1cn(C)c2ccccc12. The molecule has 0 saturated heterocycles. The zero-order valence-electron chi connectivity index (χ0n) is 10.7. The number of fused-ring (bicyclic) bond motifs is 1. The molecule has 2 amide bonds. The van der Waals surface area contributed by atoms with Gasteiger partial charge in [0, 0.05) is 36.8 Å². The minimum absolute atomic E-state index is 0.406. The van der Waals surface area contributed by atoms with Gasteiger partial charge < -0.3 is 9.88 Å². The molecule has 0 aliphatic rings. The number of carbonyl (C=O) groups is 1. The first-order valence-electron chi connectivity index (χ1n) is 5.80. The number of carbonyl (C=O) groups excluding carboxylic acids is 1. The first-order chi connectivity index (χ1) is 8.56. The molecule has 96 valence electrons. The van der Waals surface area contributed by atoms with Crippen LogP contribution in [0.5, 0.6) is 0 Å². The van der Waals surface area contributed by atoms with Gasteiger partial charge in [0.05, 0.1) is 6.04 Å². The highest BCUT2D eigenvalue weighted by molar-refractivity contribution is 5.85. The highest BCUT2D eigenvalue weighted by atomic mass is 16.5. The molecule has 0 bridgehead atoms. The summed E-state index contributed by atoms with van der Waals surface area (Å²) in [4.78, 5) is 11.4. The molecular formula is C13H17N3O2. The van der Waals surface area contributed by atoms with Gasteiger partial charge in [-0.1, -0.05) is 18.2 Å². The normalized spacial score (nSPS) is 12.4. The third-order valence-corrected chi connectivity index (χ3v) is 3.17. The van der Waals surface area contributed by atoms with Crippen LogP contribution >= 0.6 is 0 Å². The summed E-state index contributed by atoms with van der Waals surface area (Å²) in [6.07, 6.45) is 1.93. The molecule has 5 heteroatoms. The Hall–Kier alpha value is -2.01. The maximum atomic E-state index is 11.4. The van der Waals surface area contributed by atoms with Crippen LogP contribution in [0.1, 0.15) is 18.5 Å². The lowest BCUT2D eigenvalue weighted by Crippen LogP contribution is -2.37. The summed E-state index contributed by atoms with van der Waals surface area (Å²) < 4.78 is 1.98. The summed E-state index contributed by atoms with van der Waals surface area (Å²) in [5, 5.41) is 14.0. The van der Waals surface area contributed by atoms with Gasteiger partial charge in [0.15, 0.2) is 0 Å². The molecule has 18 heavy (non-hydrogen) atoms. The second-order valence-electron chi connectivity index (χ2n) is 4.29. The van der Waals surface area contributed by atoms with Crippen LogP contribution in [-0.4, -0.2) is 27.9 Å². The maximum Gasteiger partial charge on any atom is 0.341 e. The summed E-state index contributed by atoms with van der Waals surface area (Å²) >= 11 is 0. The Morgan fingerprint density at radius 1 is 1.44 bits per heavy atom. The zero-order valence-corrected chi connectivity index (χ0v) is 10.7. The van der Waals surface area contributed by atoms with Gasteiger partial charge in [-0.3, -0.25) is 5.21 Å². The number of aromatic nitrogens is 1. The third-order valence-electron chi connectivity index (χ3n) is 3.17. The van der Waals surface area contributed by atoms with Crippen LogP contribution in [0.3, 0.4) is 0 Å². The number of rotatable bonds is 2. The van der Waals surface area contributed by atoms with E-state index >= 15 is 0 Å². The molecule has 5 nitrogen and oxygen atoms in total. The van der Waals surface area contributed by atoms with Gasteiger partial charge in [-0.05, 0) is 13.0 Å². The Balaban J connectivity index is 2.45. The first-order valence-corrected chi connectivity index (χ1v) is 5.80. The van der Waals surface area contributed by atoms with Crippen molar-refractivity contribution in [2.75, 3.05) is 7.05 Å². The van der Waals surface area contributed by atoms with E-state index in [9.17, 15) is 10.0 Å². The Kier molecular flexibility index (Phi) is 3.25. The van der Waals surface area contributed by atoms with E-state index in [4.69, 9.17) is 0 Å². The van der Waals surface area contributed by atoms with Crippen molar-refractivity contribution in [1.82, 2.24) is 14.9 Å². The summed E-state index contributed by atoms with van der Waals surface area (Å²) in [5.41, 5.74) is 1.99. The lowest BCUT2D eigenvalue weighted by atomic mass is 10.1. The number of hydrogen-bond acceptors (Lipinski definition) is 2. The molecule has 2 aromatic rings. The number of hydrogen-bond donors (Lipinski definition) is 2. The van der Waals surface area contributed by atoms with Gasteiger partial charge in [-0.15, -0.1) is 0 Å². The van der Waals surface area contributed by atoms with Crippen molar-refractivity contribution < 1.29 is 10.0 Å². The van der Waals surface area contributed by atoms with Crippen molar-refractivity contribution in [3.05, 3.63) is 36.0 Å². The van der Waals surface area contributed by atoms with Crippen molar-refractivity contribution >= 4 is 16.9 Å². The molecule has 0 aliphatic heterocycles. The first kappa shape index (κ1) is 12.4. The molecule has 0 spiro atoms. The van der Waals surface area contributed by atoms with Crippen molar-refractivity contribution in [2.45, 2.75) is 13.0 Å². The highest BCUT2D eigenvalue weighted by Gasteiger charge is 2.21. The number of para-hydroxylation sites is 1. The average Bonchev–Trinajstić information content (AvgIpc) is 2.74. The Morgan fingerprint density at radius 2 is 2.11 bits per heavy atom. The van der Waals surface area contributed by atoms with Gasteiger partial charge >= 0.3 is 6.03 Å². The molecular weight excluding hydrogens is 230 g/mol. The van der Waals surface area contributed by atoms with Gasteiger partial charge in [0.2, 0.25) is 0 Å². The second-order valence-corrected chi connectivity index (χ2v) is 4.29. The van der Waals surface area contributed by atoms with Gasteiger partial charge in [0.1, 0.15) is 0 Å². The largest absolute Gasteiger partial charge is 0.350 e. The maximum absolute atomic E-state index is 11.4. The fourth-order valence-corrected chi connectivity index (χ4v) is 2.13. The molecule has 0 saturated carbocycles. The predicted octanol–water partition coefficient (Wildman–Crippen LogP) is 2.27. The number of nitrogens with one attached hydrogen (secondary N) is 1. The number of aryl methyl sites for hydroxylation is 1. The summed E-state index contributed by atoms with van der Waals surface area (Å²) in [6, 6.07) is 6.98. The molecule has 2 rings (SSSR count). The van der Waals surface area contributed by atoms with Crippen molar-refractivity contribution in [2.24, 2.45) is 7.05 Å². The minimum atomic E-state index is -0.518. The second kappa shape index (κ2) is 4.70. The highest BCUT2D eigenvalue weighted by Crippen LogP contribution is 2.28. The van der Waals surface area contributed by atoms with E-state index in [1.54, 1.807) is 6.92 Å². The van der Waals surface area contributed by atoms with E-state index in [0.717, 1.165) is 16.5 Å².